The van der Waals surface area contributed by atoms with Gasteiger partial charge in [-0.2, -0.15) is 0 Å². The van der Waals surface area contributed by atoms with Gasteiger partial charge in [0.15, 0.2) is 11.5 Å². The molecular formula is C11H13NO3. The number of phenolic OH excluding ortho intramolecular Hbond substituents is 1. The van der Waals surface area contributed by atoms with Crippen LogP contribution in [0.1, 0.15) is 18.4 Å². The molecule has 1 aliphatic carbocycles. The van der Waals surface area contributed by atoms with E-state index in [9.17, 15) is 5.11 Å². The summed E-state index contributed by atoms with van der Waals surface area (Å²) < 4.78 is 10.4. The number of phenols is 1. The van der Waals surface area contributed by atoms with Crippen LogP contribution in [0.4, 0.5) is 0 Å². The van der Waals surface area contributed by atoms with Crippen molar-refractivity contribution in [2.75, 3.05) is 6.79 Å². The van der Waals surface area contributed by atoms with Crippen LogP contribution in [0.15, 0.2) is 12.1 Å². The molecule has 3 N–H and O–H groups in total. The van der Waals surface area contributed by atoms with E-state index in [4.69, 9.17) is 15.2 Å². The highest BCUT2D eigenvalue weighted by atomic mass is 16.7. The lowest BCUT2D eigenvalue weighted by atomic mass is 10.0. The Labute approximate surface area is 87.6 Å². The molecule has 15 heavy (non-hydrogen) atoms. The van der Waals surface area contributed by atoms with Crippen LogP contribution < -0.4 is 15.2 Å². The van der Waals surface area contributed by atoms with Gasteiger partial charge in [-0.15, -0.1) is 0 Å². The van der Waals surface area contributed by atoms with Crippen LogP contribution in [0.2, 0.25) is 0 Å². The van der Waals surface area contributed by atoms with Crippen molar-refractivity contribution in [1.29, 1.82) is 0 Å². The summed E-state index contributed by atoms with van der Waals surface area (Å²) in [6.07, 6.45) is 2.76. The minimum Gasteiger partial charge on any atom is -0.508 e. The van der Waals surface area contributed by atoms with Gasteiger partial charge in [0.25, 0.3) is 0 Å². The molecule has 0 bridgehead atoms. The van der Waals surface area contributed by atoms with Crippen molar-refractivity contribution in [3.63, 3.8) is 0 Å². The number of fused-ring (bicyclic) bond motifs is 1. The quantitative estimate of drug-likeness (QED) is 0.763. The van der Waals surface area contributed by atoms with Crippen molar-refractivity contribution in [2.45, 2.75) is 24.8 Å². The number of ether oxygens (including phenoxy) is 2. The minimum absolute atomic E-state index is 0.106. The molecule has 1 aromatic rings. The number of nitrogens with two attached hydrogens (primary N) is 1. The molecule has 0 spiro atoms. The molecule has 80 valence electrons. The van der Waals surface area contributed by atoms with E-state index in [1.165, 1.54) is 0 Å². The van der Waals surface area contributed by atoms with Gasteiger partial charge in [0, 0.05) is 11.6 Å². The standard InChI is InChI=1S/C11H13NO3/c12-11(1-2-11)5-7-3-9-10(4-8(7)13)15-6-14-9/h3-4,13H,1-2,5-6,12H2. The highest BCUT2D eigenvalue weighted by molar-refractivity contribution is 5.51. The number of hydrogen-bond donors (Lipinski definition) is 2. The van der Waals surface area contributed by atoms with Crippen molar-refractivity contribution in [3.8, 4) is 17.2 Å². The fraction of sp³-hybridized carbons (Fsp3) is 0.455. The number of rotatable bonds is 2. The average molecular weight is 207 g/mol. The largest absolute Gasteiger partial charge is 0.508 e. The summed E-state index contributed by atoms with van der Waals surface area (Å²) >= 11 is 0. The molecule has 4 heteroatoms. The molecular weight excluding hydrogens is 194 g/mol. The van der Waals surface area contributed by atoms with Crippen LogP contribution in [0.25, 0.3) is 0 Å². The zero-order valence-electron chi connectivity index (χ0n) is 8.32. The Hall–Kier alpha value is -1.42. The molecule has 1 heterocycles. The molecule has 1 aromatic carbocycles. The molecule has 1 saturated carbocycles. The monoisotopic (exact) mass is 207 g/mol. The van der Waals surface area contributed by atoms with E-state index in [0.29, 0.717) is 17.9 Å². The van der Waals surface area contributed by atoms with Crippen molar-refractivity contribution in [3.05, 3.63) is 17.7 Å². The second-order valence-electron chi connectivity index (χ2n) is 4.37. The van der Waals surface area contributed by atoms with Crippen molar-refractivity contribution >= 4 is 0 Å². The Morgan fingerprint density at radius 2 is 1.93 bits per heavy atom. The van der Waals surface area contributed by atoms with Gasteiger partial charge in [0.1, 0.15) is 5.75 Å². The molecule has 0 radical (unpaired) electrons. The van der Waals surface area contributed by atoms with Crippen LogP contribution >= 0.6 is 0 Å². The molecule has 4 nitrogen and oxygen atoms in total. The SMILES string of the molecule is NC1(Cc2cc3c(cc2O)OCO3)CC1. The summed E-state index contributed by atoms with van der Waals surface area (Å²) in [5, 5.41) is 9.77. The van der Waals surface area contributed by atoms with Crippen LogP contribution in [0.3, 0.4) is 0 Å². The van der Waals surface area contributed by atoms with E-state index in [-0.39, 0.29) is 18.1 Å². The van der Waals surface area contributed by atoms with E-state index in [2.05, 4.69) is 0 Å². The fourth-order valence-corrected chi connectivity index (χ4v) is 1.83. The van der Waals surface area contributed by atoms with Gasteiger partial charge in [0.05, 0.1) is 0 Å². The third-order valence-corrected chi connectivity index (χ3v) is 3.01. The van der Waals surface area contributed by atoms with Crippen LogP contribution in [-0.4, -0.2) is 17.4 Å². The first-order valence-electron chi connectivity index (χ1n) is 5.07. The lowest BCUT2D eigenvalue weighted by Crippen LogP contribution is -2.24. The lowest BCUT2D eigenvalue weighted by molar-refractivity contribution is 0.174. The summed E-state index contributed by atoms with van der Waals surface area (Å²) in [7, 11) is 0. The fourth-order valence-electron chi connectivity index (χ4n) is 1.83. The maximum atomic E-state index is 9.77. The second-order valence-corrected chi connectivity index (χ2v) is 4.37. The molecule has 0 saturated heterocycles. The number of hydrogen-bond acceptors (Lipinski definition) is 4. The maximum Gasteiger partial charge on any atom is 0.231 e. The Kier molecular flexibility index (Phi) is 1.65. The lowest BCUT2D eigenvalue weighted by Gasteiger charge is -2.10. The third kappa shape index (κ3) is 1.51. The first-order chi connectivity index (χ1) is 7.16. The normalized spacial score (nSPS) is 20.3. The average Bonchev–Trinajstić information content (AvgIpc) is 2.74. The second kappa shape index (κ2) is 2.79. The Bertz CT molecular complexity index is 413. The van der Waals surface area contributed by atoms with Gasteiger partial charge < -0.3 is 20.3 Å². The van der Waals surface area contributed by atoms with Crippen LogP contribution in [-0.2, 0) is 6.42 Å². The Morgan fingerprint density at radius 3 is 2.60 bits per heavy atom. The van der Waals surface area contributed by atoms with Gasteiger partial charge in [-0.3, -0.25) is 0 Å². The molecule has 0 amide bonds. The first kappa shape index (κ1) is 8.85. The minimum atomic E-state index is -0.106. The topological polar surface area (TPSA) is 64.7 Å². The predicted molar refractivity (Wildman–Crippen MR) is 54.1 cm³/mol. The molecule has 1 fully saturated rings. The summed E-state index contributed by atoms with van der Waals surface area (Å²) in [6, 6.07) is 3.42. The Morgan fingerprint density at radius 1 is 1.27 bits per heavy atom. The van der Waals surface area contributed by atoms with Gasteiger partial charge in [-0.25, -0.2) is 0 Å². The summed E-state index contributed by atoms with van der Waals surface area (Å²) in [5.41, 5.74) is 6.75. The van der Waals surface area contributed by atoms with Crippen LogP contribution in [0, 0.1) is 0 Å². The van der Waals surface area contributed by atoms with Crippen LogP contribution in [0.5, 0.6) is 17.2 Å². The zero-order chi connectivity index (χ0) is 10.5. The highest BCUT2D eigenvalue weighted by Crippen LogP contribution is 2.42. The first-order valence-corrected chi connectivity index (χ1v) is 5.07. The van der Waals surface area contributed by atoms with Gasteiger partial charge in [-0.05, 0) is 30.9 Å². The van der Waals surface area contributed by atoms with E-state index in [1.54, 1.807) is 6.07 Å². The van der Waals surface area contributed by atoms with Gasteiger partial charge in [-0.1, -0.05) is 0 Å². The number of benzene rings is 1. The number of aromatic hydroxyl groups is 1. The predicted octanol–water partition coefficient (Wildman–Crippen LogP) is 1.15. The maximum absolute atomic E-state index is 9.77. The zero-order valence-corrected chi connectivity index (χ0v) is 8.32. The molecule has 0 aromatic heterocycles. The smallest absolute Gasteiger partial charge is 0.231 e. The van der Waals surface area contributed by atoms with Gasteiger partial charge >= 0.3 is 0 Å². The van der Waals surface area contributed by atoms with E-state index >= 15 is 0 Å². The molecule has 3 rings (SSSR count). The van der Waals surface area contributed by atoms with E-state index in [0.717, 1.165) is 18.4 Å². The summed E-state index contributed by atoms with van der Waals surface area (Å²) in [4.78, 5) is 0. The van der Waals surface area contributed by atoms with E-state index in [1.807, 2.05) is 6.07 Å². The summed E-state index contributed by atoms with van der Waals surface area (Å²) in [5.74, 6) is 1.56. The molecule has 0 unspecified atom stereocenters. The summed E-state index contributed by atoms with van der Waals surface area (Å²) in [6.45, 7) is 0.228. The van der Waals surface area contributed by atoms with Crippen molar-refractivity contribution in [2.24, 2.45) is 5.73 Å². The third-order valence-electron chi connectivity index (χ3n) is 3.01. The Balaban J connectivity index is 1.94. The molecule has 1 aliphatic heterocycles. The van der Waals surface area contributed by atoms with E-state index < -0.39 is 0 Å². The van der Waals surface area contributed by atoms with Crippen molar-refractivity contribution in [1.82, 2.24) is 0 Å². The highest BCUT2D eigenvalue weighted by Gasteiger charge is 2.39. The molecule has 2 aliphatic rings. The van der Waals surface area contributed by atoms with Gasteiger partial charge in [0.2, 0.25) is 6.79 Å². The molecule has 0 atom stereocenters. The van der Waals surface area contributed by atoms with Crippen molar-refractivity contribution < 1.29 is 14.6 Å².